The van der Waals surface area contributed by atoms with Gasteiger partial charge in [-0.15, -0.1) is 0 Å². The molecule has 0 spiro atoms. The molecule has 40 heavy (non-hydrogen) atoms. The average Bonchev–Trinajstić information content (AvgIpc) is 3.22. The van der Waals surface area contributed by atoms with Crippen LogP contribution in [0.25, 0.3) is 16.7 Å². The van der Waals surface area contributed by atoms with Crippen molar-refractivity contribution in [2.75, 3.05) is 14.2 Å². The van der Waals surface area contributed by atoms with Crippen LogP contribution in [0.2, 0.25) is 13.1 Å². The minimum atomic E-state index is -0.783. The van der Waals surface area contributed by atoms with Crippen LogP contribution < -0.4 is 10.2 Å². The molecule has 0 heterocycles. The predicted octanol–water partition coefficient (Wildman–Crippen LogP) is 6.38. The number of aliphatic hydroxyl groups is 1. The minimum absolute atomic E-state index is 0. The molecule has 3 aromatic rings. The summed E-state index contributed by atoms with van der Waals surface area (Å²) in [6, 6.07) is 22.8. The second kappa shape index (κ2) is 13.3. The van der Waals surface area contributed by atoms with E-state index in [1.54, 1.807) is 0 Å². The maximum atomic E-state index is 11.8. The van der Waals surface area contributed by atoms with Crippen molar-refractivity contribution in [3.05, 3.63) is 99.8 Å². The standard InChI is InChI=1S/C33H38OSi.2CH3O.Ti/c1-32(2,3)21-13-15-24-26(18-21)27-19-22(33(4,5)6)14-16-25(27)29(24)30-23-12-10-9-11-20(23)17-28(31(30)34)35(7)8;2*1-2;/h9-16,18-19,29,34H,17H2,1-8H3;2*1H3;/q;2*-1;+2. The van der Waals surface area contributed by atoms with Crippen molar-refractivity contribution in [3.8, 4) is 11.1 Å². The van der Waals surface area contributed by atoms with E-state index in [-0.39, 0.29) is 38.5 Å². The number of benzene rings is 3. The molecule has 0 unspecified atom stereocenters. The molecule has 0 saturated carbocycles. The van der Waals surface area contributed by atoms with Gasteiger partial charge in [0.15, 0.2) is 0 Å². The zero-order valence-electron chi connectivity index (χ0n) is 25.8. The zero-order chi connectivity index (χ0) is 29.3. The van der Waals surface area contributed by atoms with Gasteiger partial charge < -0.3 is 15.3 Å². The number of rotatable bonds is 1. The number of aliphatic hydroxyl groups excluding tert-OH is 1. The molecule has 210 valence electrons. The van der Waals surface area contributed by atoms with Crippen LogP contribution in [-0.4, -0.2) is 32.9 Å². The van der Waals surface area contributed by atoms with E-state index in [4.69, 9.17) is 10.2 Å². The number of fused-ring (bicyclic) bond motifs is 4. The fourth-order valence-corrected chi connectivity index (χ4v) is 6.85. The van der Waals surface area contributed by atoms with Gasteiger partial charge in [-0.2, -0.15) is 14.2 Å². The first kappa shape index (κ1) is 34.1. The van der Waals surface area contributed by atoms with Gasteiger partial charge >= 0.3 is 21.7 Å². The molecule has 5 rings (SSSR count). The first-order valence-electron chi connectivity index (χ1n) is 13.7. The fraction of sp³-hybridized carbons (Fsp3) is 0.400. The molecule has 2 aliphatic rings. The Kier molecular flexibility index (Phi) is 11.3. The molecule has 5 heteroatoms. The molecular weight excluding hydrogens is 544 g/mol. The Hall–Kier alpha value is -2.08. The summed E-state index contributed by atoms with van der Waals surface area (Å²) in [6.07, 6.45) is 0.866. The van der Waals surface area contributed by atoms with Gasteiger partial charge in [0.05, 0.1) is 0 Å². The Balaban J connectivity index is 0.00000107. The van der Waals surface area contributed by atoms with Crippen molar-refractivity contribution in [2.45, 2.75) is 77.8 Å². The number of hydrogen-bond donors (Lipinski definition) is 1. The second-order valence-corrected chi connectivity index (χ2v) is 15.2. The van der Waals surface area contributed by atoms with Crippen LogP contribution in [0.5, 0.6) is 0 Å². The third-order valence-electron chi connectivity index (χ3n) is 7.86. The maximum Gasteiger partial charge on any atom is 2.00 e. The maximum absolute atomic E-state index is 11.8. The third-order valence-corrected chi connectivity index (χ3v) is 9.48. The largest absolute Gasteiger partial charge is 2.00 e. The van der Waals surface area contributed by atoms with Gasteiger partial charge in [-0.1, -0.05) is 115 Å². The molecule has 0 aliphatic heterocycles. The first-order chi connectivity index (χ1) is 18.4. The summed E-state index contributed by atoms with van der Waals surface area (Å²) in [5.74, 6) is 0.590. The van der Waals surface area contributed by atoms with Crippen molar-refractivity contribution in [1.29, 1.82) is 0 Å². The molecule has 0 bridgehead atoms. The smallest absolute Gasteiger partial charge is 0.857 e. The SMILES string of the molecule is C[O-].C[O-].C[Si](C)=C1Cc2ccccc2C(C2c3ccc(C(C)(C)C)cc3-c3cc(C(C)(C)C)ccc32)=C1O.[Ti+2]. The summed E-state index contributed by atoms with van der Waals surface area (Å²) in [5.41, 5.74) is 11.8. The Bertz CT molecular complexity index is 1350. The van der Waals surface area contributed by atoms with Gasteiger partial charge in [0, 0.05) is 19.9 Å². The molecule has 3 aromatic carbocycles. The van der Waals surface area contributed by atoms with E-state index < -0.39 is 8.41 Å². The number of allylic oxidation sites excluding steroid dienone is 2. The van der Waals surface area contributed by atoms with E-state index in [9.17, 15) is 5.11 Å². The summed E-state index contributed by atoms with van der Waals surface area (Å²) < 4.78 is 0. The molecule has 0 amide bonds. The van der Waals surface area contributed by atoms with Gasteiger partial charge in [-0.25, -0.2) is 0 Å². The fourth-order valence-electron chi connectivity index (χ4n) is 5.70. The molecule has 0 saturated heterocycles. The van der Waals surface area contributed by atoms with Crippen molar-refractivity contribution in [1.82, 2.24) is 0 Å². The van der Waals surface area contributed by atoms with E-state index in [1.807, 2.05) is 0 Å². The third kappa shape index (κ3) is 6.37. The van der Waals surface area contributed by atoms with Gasteiger partial charge in [-0.05, 0) is 66.9 Å². The van der Waals surface area contributed by atoms with Gasteiger partial charge in [-0.3, -0.25) is 0 Å². The van der Waals surface area contributed by atoms with Crippen LogP contribution in [0, 0.1) is 0 Å². The Morgan fingerprint density at radius 3 is 1.57 bits per heavy atom. The van der Waals surface area contributed by atoms with E-state index >= 15 is 0 Å². The molecule has 1 N–H and O–H groups in total. The Morgan fingerprint density at radius 2 is 1.15 bits per heavy atom. The van der Waals surface area contributed by atoms with Crippen LogP contribution >= 0.6 is 0 Å². The monoisotopic (exact) mass is 588 g/mol. The van der Waals surface area contributed by atoms with Gasteiger partial charge in [0.25, 0.3) is 0 Å². The molecule has 0 fully saturated rings. The molecule has 2 aliphatic carbocycles. The van der Waals surface area contributed by atoms with Gasteiger partial charge in [0.2, 0.25) is 0 Å². The normalized spacial score (nSPS) is 14.1. The molecular formula is C35H44O3SiTi. The average molecular weight is 589 g/mol. The summed E-state index contributed by atoms with van der Waals surface area (Å²) in [5, 5.41) is 29.5. The Morgan fingerprint density at radius 1 is 0.700 bits per heavy atom. The van der Waals surface area contributed by atoms with Crippen LogP contribution in [-0.2, 0) is 39.0 Å². The second-order valence-electron chi connectivity index (χ2n) is 12.6. The minimum Gasteiger partial charge on any atom is -0.857 e. The van der Waals surface area contributed by atoms with Crippen LogP contribution in [0.15, 0.2) is 66.4 Å². The van der Waals surface area contributed by atoms with E-state index in [1.165, 1.54) is 49.7 Å². The van der Waals surface area contributed by atoms with Crippen molar-refractivity contribution < 1.29 is 37.0 Å². The van der Waals surface area contributed by atoms with Crippen molar-refractivity contribution >= 4 is 19.2 Å². The molecule has 0 radical (unpaired) electrons. The Labute approximate surface area is 258 Å². The van der Waals surface area contributed by atoms with Crippen molar-refractivity contribution in [3.63, 3.8) is 0 Å². The van der Waals surface area contributed by atoms with Crippen LogP contribution in [0.4, 0.5) is 0 Å². The van der Waals surface area contributed by atoms with Gasteiger partial charge in [0.1, 0.15) is 5.76 Å². The summed E-state index contributed by atoms with van der Waals surface area (Å²) in [7, 11) is 0.717. The predicted molar refractivity (Wildman–Crippen MR) is 165 cm³/mol. The van der Waals surface area contributed by atoms with Crippen LogP contribution in [0.1, 0.15) is 80.8 Å². The zero-order valence-corrected chi connectivity index (χ0v) is 28.4. The van der Waals surface area contributed by atoms with E-state index in [0.29, 0.717) is 5.76 Å². The summed E-state index contributed by atoms with van der Waals surface area (Å²) in [4.78, 5) is 0. The molecule has 0 aromatic heterocycles. The summed E-state index contributed by atoms with van der Waals surface area (Å²) >= 11 is 0. The van der Waals surface area contributed by atoms with Crippen LogP contribution in [0.3, 0.4) is 0 Å². The topological polar surface area (TPSA) is 66.3 Å². The number of hydrogen-bond acceptors (Lipinski definition) is 3. The first-order valence-corrected chi connectivity index (χ1v) is 16.2. The van der Waals surface area contributed by atoms with E-state index in [0.717, 1.165) is 26.2 Å². The molecule has 0 atom stereocenters. The summed E-state index contributed by atoms with van der Waals surface area (Å²) in [6.45, 7) is 18.3. The van der Waals surface area contributed by atoms with Crippen molar-refractivity contribution in [2.24, 2.45) is 0 Å². The molecule has 3 nitrogen and oxygen atoms in total. The van der Waals surface area contributed by atoms with E-state index in [2.05, 4.69) is 115 Å². The quantitative estimate of drug-likeness (QED) is 0.336.